The maximum absolute atomic E-state index is 8.74. The summed E-state index contributed by atoms with van der Waals surface area (Å²) in [6.45, 7) is 0. The van der Waals surface area contributed by atoms with Crippen LogP contribution in [0.25, 0.3) is 10.9 Å². The summed E-state index contributed by atoms with van der Waals surface area (Å²) in [4.78, 5) is 0. The van der Waals surface area contributed by atoms with Gasteiger partial charge in [0.1, 0.15) is 0 Å². The zero-order valence-corrected chi connectivity index (χ0v) is 8.27. The Kier molecular flexibility index (Phi) is 3.24. The number of rotatable bonds is 0. The first-order valence-corrected chi connectivity index (χ1v) is 5.14. The van der Waals surface area contributed by atoms with E-state index in [1.54, 1.807) is 6.20 Å². The van der Waals surface area contributed by atoms with Crippen LogP contribution in [0.5, 0.6) is 0 Å². The van der Waals surface area contributed by atoms with Crippen molar-refractivity contribution in [3.63, 3.8) is 0 Å². The van der Waals surface area contributed by atoms with Gasteiger partial charge in [-0.15, -0.1) is 0 Å². The second-order valence-electron chi connectivity index (χ2n) is 2.66. The number of nitrogens with two attached hydrogens (primary N) is 1. The maximum Gasteiger partial charge on any atom is 0.394 e. The van der Waals surface area contributed by atoms with Gasteiger partial charge < -0.3 is 5.73 Å². The predicted molar refractivity (Wildman–Crippen MR) is 54.7 cm³/mol. The van der Waals surface area contributed by atoms with Gasteiger partial charge in [0.2, 0.25) is 0 Å². The molecule has 1 heterocycles. The fourth-order valence-corrected chi connectivity index (χ4v) is 0.955. The summed E-state index contributed by atoms with van der Waals surface area (Å²) in [6.07, 6.45) is 1.77. The van der Waals surface area contributed by atoms with Crippen molar-refractivity contribution in [2.75, 3.05) is 5.73 Å². The summed E-state index contributed by atoms with van der Waals surface area (Å²) in [7, 11) is -4.67. The minimum absolute atomic E-state index is 0.761. The van der Waals surface area contributed by atoms with Gasteiger partial charge in [0, 0.05) is 11.1 Å². The van der Waals surface area contributed by atoms with Crippen LogP contribution in [-0.2, 0) is 10.4 Å². The van der Waals surface area contributed by atoms with Gasteiger partial charge in [-0.2, -0.15) is 13.5 Å². The van der Waals surface area contributed by atoms with Crippen LogP contribution in [-0.4, -0.2) is 27.7 Å². The third-order valence-electron chi connectivity index (χ3n) is 1.47. The third-order valence-corrected chi connectivity index (χ3v) is 1.47. The van der Waals surface area contributed by atoms with Crippen molar-refractivity contribution in [3.8, 4) is 0 Å². The number of aromatic nitrogens is 2. The van der Waals surface area contributed by atoms with E-state index in [1.807, 2.05) is 18.2 Å². The predicted octanol–water partition coefficient (Wildman–Crippen LogP) is 0.492. The number of hydrogen-bond donors (Lipinski definition) is 4. The van der Waals surface area contributed by atoms with Crippen molar-refractivity contribution in [3.05, 3.63) is 24.4 Å². The maximum atomic E-state index is 8.74. The minimum atomic E-state index is -4.67. The van der Waals surface area contributed by atoms with Crippen LogP contribution in [0.1, 0.15) is 0 Å². The Labute approximate surface area is 85.5 Å². The molecular formula is C7H9N3O4S. The summed E-state index contributed by atoms with van der Waals surface area (Å²) >= 11 is 0. The van der Waals surface area contributed by atoms with Gasteiger partial charge in [-0.05, 0) is 18.2 Å². The van der Waals surface area contributed by atoms with Crippen molar-refractivity contribution < 1.29 is 17.5 Å². The molecule has 0 aliphatic heterocycles. The molecule has 0 amide bonds. The first-order chi connectivity index (χ1) is 6.86. The van der Waals surface area contributed by atoms with Crippen LogP contribution < -0.4 is 5.73 Å². The van der Waals surface area contributed by atoms with Crippen LogP contribution in [0.15, 0.2) is 24.4 Å². The molecule has 0 aliphatic rings. The van der Waals surface area contributed by atoms with Crippen LogP contribution in [0.2, 0.25) is 0 Å². The van der Waals surface area contributed by atoms with E-state index < -0.39 is 10.4 Å². The second-order valence-corrected chi connectivity index (χ2v) is 3.56. The van der Waals surface area contributed by atoms with Crippen LogP contribution >= 0.6 is 0 Å². The highest BCUT2D eigenvalue weighted by Gasteiger charge is 1.92. The Morgan fingerprint density at radius 3 is 2.53 bits per heavy atom. The monoisotopic (exact) mass is 231 g/mol. The molecule has 0 fully saturated rings. The van der Waals surface area contributed by atoms with E-state index >= 15 is 0 Å². The largest absolute Gasteiger partial charge is 0.399 e. The molecule has 7 nitrogen and oxygen atoms in total. The highest BCUT2D eigenvalue weighted by molar-refractivity contribution is 7.79. The zero-order chi connectivity index (χ0) is 11.5. The molecule has 0 spiro atoms. The van der Waals surface area contributed by atoms with Gasteiger partial charge in [0.15, 0.2) is 0 Å². The third kappa shape index (κ3) is 4.40. The number of H-pyrrole nitrogens is 1. The SMILES string of the molecule is Nc1ccc2cn[nH]c2c1.O=S(=O)(O)O. The van der Waals surface area contributed by atoms with Crippen molar-refractivity contribution in [2.45, 2.75) is 0 Å². The molecule has 15 heavy (non-hydrogen) atoms. The summed E-state index contributed by atoms with van der Waals surface area (Å²) < 4.78 is 31.6. The standard InChI is InChI=1S/C7H7N3.H2O4S/c8-6-2-1-5-4-9-10-7(5)3-6;1-5(2,3)4/h1-4H,8H2,(H,9,10);(H2,1,2,3,4). The Bertz CT molecular complexity index is 540. The lowest BCUT2D eigenvalue weighted by atomic mass is 10.2. The van der Waals surface area contributed by atoms with Crippen molar-refractivity contribution in [1.29, 1.82) is 0 Å². The Morgan fingerprint density at radius 2 is 1.93 bits per heavy atom. The molecule has 0 bridgehead atoms. The van der Waals surface area contributed by atoms with Crippen LogP contribution in [0.3, 0.4) is 0 Å². The van der Waals surface area contributed by atoms with Gasteiger partial charge in [0.05, 0.1) is 11.7 Å². The van der Waals surface area contributed by atoms with E-state index in [2.05, 4.69) is 10.2 Å². The van der Waals surface area contributed by atoms with E-state index in [0.717, 1.165) is 16.6 Å². The summed E-state index contributed by atoms with van der Waals surface area (Å²) in [5.41, 5.74) is 7.28. The number of hydrogen-bond acceptors (Lipinski definition) is 4. The molecule has 82 valence electrons. The average molecular weight is 231 g/mol. The van der Waals surface area contributed by atoms with E-state index in [1.165, 1.54) is 0 Å². The molecule has 0 saturated heterocycles. The Balaban J connectivity index is 0.000000195. The summed E-state index contributed by atoms with van der Waals surface area (Å²) in [6, 6.07) is 5.66. The number of nitrogens with one attached hydrogen (secondary N) is 1. The van der Waals surface area contributed by atoms with Crippen LogP contribution in [0, 0.1) is 0 Å². The highest BCUT2D eigenvalue weighted by atomic mass is 32.3. The van der Waals surface area contributed by atoms with Gasteiger partial charge in [0.25, 0.3) is 0 Å². The number of fused-ring (bicyclic) bond motifs is 1. The number of benzene rings is 1. The normalized spacial score (nSPS) is 10.8. The minimum Gasteiger partial charge on any atom is -0.399 e. The number of aromatic amines is 1. The average Bonchev–Trinajstić information content (AvgIpc) is 2.47. The molecule has 1 aromatic heterocycles. The van der Waals surface area contributed by atoms with E-state index in [4.69, 9.17) is 23.3 Å². The molecule has 2 aromatic rings. The van der Waals surface area contributed by atoms with E-state index in [9.17, 15) is 0 Å². The lowest BCUT2D eigenvalue weighted by molar-refractivity contribution is 0.381. The van der Waals surface area contributed by atoms with Gasteiger partial charge in [-0.3, -0.25) is 14.2 Å². The number of anilines is 1. The van der Waals surface area contributed by atoms with Crippen molar-refractivity contribution in [2.24, 2.45) is 0 Å². The lowest BCUT2D eigenvalue weighted by Crippen LogP contribution is -1.89. The highest BCUT2D eigenvalue weighted by Crippen LogP contribution is 2.12. The van der Waals surface area contributed by atoms with Crippen molar-refractivity contribution in [1.82, 2.24) is 10.2 Å². The molecule has 0 radical (unpaired) electrons. The topological polar surface area (TPSA) is 129 Å². The molecule has 0 saturated carbocycles. The van der Waals surface area contributed by atoms with E-state index in [-0.39, 0.29) is 0 Å². The fraction of sp³-hybridized carbons (Fsp3) is 0. The smallest absolute Gasteiger partial charge is 0.394 e. The van der Waals surface area contributed by atoms with E-state index in [0.29, 0.717) is 0 Å². The number of nitrogen functional groups attached to an aromatic ring is 1. The second kappa shape index (κ2) is 4.26. The summed E-state index contributed by atoms with van der Waals surface area (Å²) in [5, 5.41) is 7.78. The molecule has 8 heteroatoms. The fourth-order valence-electron chi connectivity index (χ4n) is 0.955. The molecule has 0 atom stereocenters. The molecule has 0 aliphatic carbocycles. The van der Waals surface area contributed by atoms with Gasteiger partial charge in [-0.1, -0.05) is 0 Å². The molecular weight excluding hydrogens is 222 g/mol. The Morgan fingerprint density at radius 1 is 1.33 bits per heavy atom. The Hall–Kier alpha value is -1.64. The molecule has 2 rings (SSSR count). The first kappa shape index (κ1) is 11.4. The van der Waals surface area contributed by atoms with Gasteiger partial charge >= 0.3 is 10.4 Å². The van der Waals surface area contributed by atoms with Gasteiger partial charge in [-0.25, -0.2) is 0 Å². The van der Waals surface area contributed by atoms with Crippen molar-refractivity contribution >= 4 is 27.0 Å². The summed E-state index contributed by atoms with van der Waals surface area (Å²) in [5.74, 6) is 0. The quantitative estimate of drug-likeness (QED) is 0.385. The first-order valence-electron chi connectivity index (χ1n) is 3.75. The molecule has 0 unspecified atom stereocenters. The zero-order valence-electron chi connectivity index (χ0n) is 7.45. The molecule has 1 aromatic carbocycles. The van der Waals surface area contributed by atoms with Crippen LogP contribution in [0.4, 0.5) is 5.69 Å². The number of nitrogens with zero attached hydrogens (tertiary/aromatic N) is 1. The molecule has 5 N–H and O–H groups in total. The lowest BCUT2D eigenvalue weighted by Gasteiger charge is -1.89.